The third-order valence-corrected chi connectivity index (χ3v) is 4.83. The molecule has 2 unspecified atom stereocenters. The summed E-state index contributed by atoms with van der Waals surface area (Å²) >= 11 is 0. The van der Waals surface area contributed by atoms with Gasteiger partial charge in [-0.3, -0.25) is 4.79 Å². The first-order chi connectivity index (χ1) is 11.9. The Morgan fingerprint density at radius 1 is 1.12 bits per heavy atom. The van der Waals surface area contributed by atoms with Crippen molar-refractivity contribution in [3.63, 3.8) is 0 Å². The maximum Gasteiger partial charge on any atom is 0.238 e. The minimum Gasteiger partial charge on any atom is -0.508 e. The minimum absolute atomic E-state index is 0.0427. The smallest absolute Gasteiger partial charge is 0.238 e. The maximum atomic E-state index is 12.4. The summed E-state index contributed by atoms with van der Waals surface area (Å²) in [5.41, 5.74) is 11.4. The highest BCUT2D eigenvalue weighted by atomic mass is 16.3. The molecule has 0 radical (unpaired) electrons. The van der Waals surface area contributed by atoms with Crippen molar-refractivity contribution in [2.45, 2.75) is 45.8 Å². The van der Waals surface area contributed by atoms with E-state index in [9.17, 15) is 9.90 Å². The first-order valence-corrected chi connectivity index (χ1v) is 8.58. The number of rotatable bonds is 4. The van der Waals surface area contributed by atoms with Crippen LogP contribution in [-0.2, 0) is 11.3 Å². The lowest BCUT2D eigenvalue weighted by Gasteiger charge is -2.14. The minimum atomic E-state index is -0.323. The molecule has 2 atom stereocenters. The fourth-order valence-electron chi connectivity index (χ4n) is 3.05. The highest BCUT2D eigenvalue weighted by molar-refractivity contribution is 5.82. The van der Waals surface area contributed by atoms with E-state index in [0.717, 1.165) is 22.3 Å². The number of nitrogens with one attached hydrogen (secondary N) is 3. The van der Waals surface area contributed by atoms with Crippen molar-refractivity contribution >= 4 is 5.91 Å². The summed E-state index contributed by atoms with van der Waals surface area (Å²) in [5.74, 6) is 0.224. The summed E-state index contributed by atoms with van der Waals surface area (Å²) in [6.45, 7) is 6.54. The standard InChI is InChI=1S/C20H25N3O2/c1-12-4-6-15(7-5-12)11-21-20(25)18-10-17(22-23-18)16-8-13(2)14(3)9-19(16)24/h4-9,17-18,22-24H,10-11H2,1-3H3,(H,21,25). The van der Waals surface area contributed by atoms with Crippen LogP contribution in [0.15, 0.2) is 36.4 Å². The van der Waals surface area contributed by atoms with Crippen molar-refractivity contribution < 1.29 is 9.90 Å². The lowest BCUT2D eigenvalue weighted by atomic mass is 9.97. The van der Waals surface area contributed by atoms with Gasteiger partial charge in [-0.2, -0.15) is 0 Å². The molecule has 1 aliphatic rings. The molecule has 2 aromatic rings. The molecule has 25 heavy (non-hydrogen) atoms. The number of carbonyl (C=O) groups excluding carboxylic acids is 1. The lowest BCUT2D eigenvalue weighted by Crippen LogP contribution is -2.42. The monoisotopic (exact) mass is 339 g/mol. The van der Waals surface area contributed by atoms with E-state index in [1.165, 1.54) is 5.56 Å². The van der Waals surface area contributed by atoms with Gasteiger partial charge in [-0.1, -0.05) is 35.9 Å². The topological polar surface area (TPSA) is 73.4 Å². The van der Waals surface area contributed by atoms with Crippen molar-refractivity contribution in [2.24, 2.45) is 0 Å². The number of aryl methyl sites for hydroxylation is 3. The zero-order valence-electron chi connectivity index (χ0n) is 14.9. The molecule has 0 saturated carbocycles. The number of phenolic OH excluding ortho intramolecular Hbond substituents is 1. The molecule has 132 valence electrons. The predicted molar refractivity (Wildman–Crippen MR) is 98.0 cm³/mol. The van der Waals surface area contributed by atoms with Gasteiger partial charge in [0.15, 0.2) is 0 Å². The highest BCUT2D eigenvalue weighted by Crippen LogP contribution is 2.31. The molecule has 1 aliphatic heterocycles. The van der Waals surface area contributed by atoms with Gasteiger partial charge in [0, 0.05) is 12.1 Å². The Kier molecular flexibility index (Phi) is 5.06. The van der Waals surface area contributed by atoms with E-state index < -0.39 is 0 Å². The SMILES string of the molecule is Cc1ccc(CNC(=O)C2CC(c3cc(C)c(C)cc3O)NN2)cc1. The molecule has 1 heterocycles. The second-order valence-electron chi connectivity index (χ2n) is 6.83. The van der Waals surface area contributed by atoms with Crippen LogP contribution in [0.3, 0.4) is 0 Å². The van der Waals surface area contributed by atoms with Crippen LogP contribution < -0.4 is 16.2 Å². The fourth-order valence-corrected chi connectivity index (χ4v) is 3.05. The Bertz CT molecular complexity index is 771. The maximum absolute atomic E-state index is 12.4. The molecular weight excluding hydrogens is 314 g/mol. The Balaban J connectivity index is 1.59. The summed E-state index contributed by atoms with van der Waals surface area (Å²) < 4.78 is 0. The third kappa shape index (κ3) is 4.00. The van der Waals surface area contributed by atoms with Crippen LogP contribution in [0.5, 0.6) is 5.75 Å². The molecule has 0 aromatic heterocycles. The zero-order chi connectivity index (χ0) is 18.0. The molecule has 0 spiro atoms. The molecule has 1 saturated heterocycles. The van der Waals surface area contributed by atoms with Gasteiger partial charge in [-0.15, -0.1) is 0 Å². The number of benzene rings is 2. The number of hydrazine groups is 1. The van der Waals surface area contributed by atoms with E-state index in [-0.39, 0.29) is 23.7 Å². The van der Waals surface area contributed by atoms with Crippen molar-refractivity contribution in [2.75, 3.05) is 0 Å². The lowest BCUT2D eigenvalue weighted by molar-refractivity contribution is -0.123. The summed E-state index contributed by atoms with van der Waals surface area (Å²) in [6, 6.07) is 11.5. The third-order valence-electron chi connectivity index (χ3n) is 4.83. The van der Waals surface area contributed by atoms with E-state index in [1.807, 2.05) is 51.1 Å². The van der Waals surface area contributed by atoms with Crippen LogP contribution in [0.4, 0.5) is 0 Å². The number of phenols is 1. The van der Waals surface area contributed by atoms with Crippen LogP contribution in [0.1, 0.15) is 40.3 Å². The van der Waals surface area contributed by atoms with Gasteiger partial charge in [0.25, 0.3) is 0 Å². The summed E-state index contributed by atoms with van der Waals surface area (Å²) in [4.78, 5) is 12.4. The quantitative estimate of drug-likeness (QED) is 0.691. The van der Waals surface area contributed by atoms with Gasteiger partial charge >= 0.3 is 0 Å². The zero-order valence-corrected chi connectivity index (χ0v) is 14.9. The van der Waals surface area contributed by atoms with E-state index in [2.05, 4.69) is 16.2 Å². The van der Waals surface area contributed by atoms with E-state index in [1.54, 1.807) is 6.07 Å². The van der Waals surface area contributed by atoms with Crippen molar-refractivity contribution in [1.82, 2.24) is 16.2 Å². The molecule has 1 fully saturated rings. The number of carbonyl (C=O) groups is 1. The van der Waals surface area contributed by atoms with E-state index >= 15 is 0 Å². The Morgan fingerprint density at radius 2 is 1.80 bits per heavy atom. The molecule has 2 aromatic carbocycles. The van der Waals surface area contributed by atoms with Gasteiger partial charge in [-0.05, 0) is 49.9 Å². The van der Waals surface area contributed by atoms with Gasteiger partial charge in [0.2, 0.25) is 5.91 Å². The second-order valence-corrected chi connectivity index (χ2v) is 6.83. The van der Waals surface area contributed by atoms with Gasteiger partial charge in [0.05, 0.1) is 6.04 Å². The van der Waals surface area contributed by atoms with Crippen LogP contribution >= 0.6 is 0 Å². The molecule has 5 heteroatoms. The van der Waals surface area contributed by atoms with Crippen molar-refractivity contribution in [3.05, 3.63) is 64.2 Å². The Hall–Kier alpha value is -2.37. The molecule has 4 N–H and O–H groups in total. The number of hydrogen-bond donors (Lipinski definition) is 4. The van der Waals surface area contributed by atoms with Crippen molar-refractivity contribution in [3.8, 4) is 5.75 Å². The number of amides is 1. The molecular formula is C20H25N3O2. The van der Waals surface area contributed by atoms with Crippen LogP contribution in [-0.4, -0.2) is 17.1 Å². The molecule has 5 nitrogen and oxygen atoms in total. The summed E-state index contributed by atoms with van der Waals surface area (Å²) in [5, 5.41) is 13.2. The fraction of sp³-hybridized carbons (Fsp3) is 0.350. The van der Waals surface area contributed by atoms with E-state index in [4.69, 9.17) is 0 Å². The Labute approximate surface area is 148 Å². The van der Waals surface area contributed by atoms with Crippen LogP contribution in [0.25, 0.3) is 0 Å². The summed E-state index contributed by atoms with van der Waals surface area (Å²) in [6.07, 6.45) is 0.593. The number of aromatic hydroxyl groups is 1. The van der Waals surface area contributed by atoms with Gasteiger partial charge < -0.3 is 10.4 Å². The largest absolute Gasteiger partial charge is 0.508 e. The highest BCUT2D eigenvalue weighted by Gasteiger charge is 2.31. The van der Waals surface area contributed by atoms with Crippen molar-refractivity contribution in [1.29, 1.82) is 0 Å². The first kappa shape index (κ1) is 17.5. The number of hydrogen-bond acceptors (Lipinski definition) is 4. The molecule has 1 amide bonds. The van der Waals surface area contributed by atoms with E-state index in [0.29, 0.717) is 13.0 Å². The van der Waals surface area contributed by atoms with Gasteiger partial charge in [-0.25, -0.2) is 10.9 Å². The predicted octanol–water partition coefficient (Wildman–Crippen LogP) is 2.54. The molecule has 3 rings (SSSR count). The summed E-state index contributed by atoms with van der Waals surface area (Å²) in [7, 11) is 0. The van der Waals surface area contributed by atoms with Gasteiger partial charge in [0.1, 0.15) is 11.8 Å². The van der Waals surface area contributed by atoms with Crippen LogP contribution in [0, 0.1) is 20.8 Å². The average molecular weight is 339 g/mol. The normalized spacial score (nSPS) is 19.8. The molecule has 0 bridgehead atoms. The Morgan fingerprint density at radius 3 is 2.52 bits per heavy atom. The second kappa shape index (κ2) is 7.25. The average Bonchev–Trinajstić information content (AvgIpc) is 3.07. The molecule has 0 aliphatic carbocycles. The van der Waals surface area contributed by atoms with Crippen LogP contribution in [0.2, 0.25) is 0 Å². The first-order valence-electron chi connectivity index (χ1n) is 8.58.